The Balaban J connectivity index is 1.96. The number of benzene rings is 2. The maximum absolute atomic E-state index is 13.0. The molecule has 1 aliphatic carbocycles. The second-order valence-electron chi connectivity index (χ2n) is 6.50. The summed E-state index contributed by atoms with van der Waals surface area (Å²) in [5.41, 5.74) is 3.48. The van der Waals surface area contributed by atoms with Crippen LogP contribution >= 0.6 is 15.9 Å². The van der Waals surface area contributed by atoms with Crippen molar-refractivity contribution in [3.05, 3.63) is 63.1 Å². The number of carbonyl (C=O) groups excluding carboxylic acids is 1. The van der Waals surface area contributed by atoms with Crippen LogP contribution in [0.4, 0.5) is 0 Å². The first-order valence-electron chi connectivity index (χ1n) is 9.07. The van der Waals surface area contributed by atoms with Gasteiger partial charge in [-0.25, -0.2) is 0 Å². The largest absolute Gasteiger partial charge is 0.493 e. The van der Waals surface area contributed by atoms with Crippen LogP contribution in [0.25, 0.3) is 12.2 Å². The lowest BCUT2D eigenvalue weighted by Crippen LogP contribution is -2.12. The summed E-state index contributed by atoms with van der Waals surface area (Å²) < 4.78 is 17.2. The molecule has 0 radical (unpaired) electrons. The van der Waals surface area contributed by atoms with Gasteiger partial charge in [-0.1, -0.05) is 34.1 Å². The van der Waals surface area contributed by atoms with Crippen molar-refractivity contribution in [3.63, 3.8) is 0 Å². The third kappa shape index (κ3) is 4.30. The summed E-state index contributed by atoms with van der Waals surface area (Å²) in [6.07, 6.45) is 6.38. The molecule has 0 spiro atoms. The predicted molar refractivity (Wildman–Crippen MR) is 115 cm³/mol. The third-order valence-corrected chi connectivity index (χ3v) is 5.46. The number of halogens is 1. The van der Waals surface area contributed by atoms with Gasteiger partial charge in [-0.15, -0.1) is 0 Å². The van der Waals surface area contributed by atoms with Crippen LogP contribution in [0, 0.1) is 0 Å². The van der Waals surface area contributed by atoms with Crippen LogP contribution in [-0.4, -0.2) is 27.1 Å². The molecular formula is C23H23BrO4. The summed E-state index contributed by atoms with van der Waals surface area (Å²) in [5, 5.41) is 0. The van der Waals surface area contributed by atoms with E-state index in [2.05, 4.69) is 15.9 Å². The van der Waals surface area contributed by atoms with Crippen molar-refractivity contribution in [3.8, 4) is 17.2 Å². The Labute approximate surface area is 173 Å². The van der Waals surface area contributed by atoms with Crippen LogP contribution in [0.5, 0.6) is 17.2 Å². The highest BCUT2D eigenvalue weighted by Crippen LogP contribution is 2.39. The Morgan fingerprint density at radius 2 is 1.50 bits per heavy atom. The number of hydrogen-bond donors (Lipinski definition) is 0. The summed E-state index contributed by atoms with van der Waals surface area (Å²) in [7, 11) is 4.74. The zero-order chi connectivity index (χ0) is 20.1. The van der Waals surface area contributed by atoms with E-state index in [1.165, 1.54) is 0 Å². The van der Waals surface area contributed by atoms with Crippen molar-refractivity contribution in [2.24, 2.45) is 0 Å². The van der Waals surface area contributed by atoms with E-state index in [1.807, 2.05) is 48.6 Å². The Bertz CT molecular complexity index is 918. The van der Waals surface area contributed by atoms with Crippen LogP contribution < -0.4 is 14.2 Å². The zero-order valence-electron chi connectivity index (χ0n) is 16.3. The Hall–Kier alpha value is -2.53. The highest BCUT2D eigenvalue weighted by Gasteiger charge is 2.21. The summed E-state index contributed by atoms with van der Waals surface area (Å²) >= 11 is 3.55. The normalized spacial score (nSPS) is 17.1. The van der Waals surface area contributed by atoms with E-state index < -0.39 is 0 Å². The molecule has 0 aromatic heterocycles. The fourth-order valence-corrected chi connectivity index (χ4v) is 3.74. The topological polar surface area (TPSA) is 44.8 Å². The number of ether oxygens (including phenoxy) is 3. The van der Waals surface area contributed by atoms with Gasteiger partial charge in [0.15, 0.2) is 17.3 Å². The summed E-state index contributed by atoms with van der Waals surface area (Å²) in [6, 6.07) is 11.6. The van der Waals surface area contributed by atoms with Gasteiger partial charge in [0.2, 0.25) is 5.75 Å². The first kappa shape index (κ1) is 20.2. The molecule has 4 nitrogen and oxygen atoms in total. The molecule has 1 fully saturated rings. The molecule has 0 bridgehead atoms. The average molecular weight is 443 g/mol. The molecule has 3 rings (SSSR count). The van der Waals surface area contributed by atoms with Gasteiger partial charge < -0.3 is 14.2 Å². The first-order chi connectivity index (χ1) is 13.6. The summed E-state index contributed by atoms with van der Waals surface area (Å²) in [6.45, 7) is 0. The number of Topliss-reactive ketones (excluding diaryl/α,β-unsaturated/α-hetero) is 1. The molecule has 5 heteroatoms. The lowest BCUT2D eigenvalue weighted by Gasteiger charge is -2.18. The van der Waals surface area contributed by atoms with Crippen LogP contribution in [-0.2, 0) is 4.79 Å². The lowest BCUT2D eigenvalue weighted by atomic mass is 9.87. The van der Waals surface area contributed by atoms with E-state index in [9.17, 15) is 4.79 Å². The standard InChI is InChI=1S/C23H23BrO4/c1-26-20-12-15(13-21(27-2)23(20)28-3)11-17-8-6-9-18(22(17)25)14-16-7-4-5-10-19(16)24/h4-5,7,10-14H,6,8-9H2,1-3H3/b17-11+,18-14+. The van der Waals surface area contributed by atoms with Crippen molar-refractivity contribution >= 4 is 33.9 Å². The van der Waals surface area contributed by atoms with Crippen molar-refractivity contribution < 1.29 is 19.0 Å². The second kappa shape index (κ2) is 9.11. The number of hydrogen-bond acceptors (Lipinski definition) is 4. The van der Waals surface area contributed by atoms with E-state index in [0.717, 1.165) is 46.0 Å². The van der Waals surface area contributed by atoms with Crippen molar-refractivity contribution in [2.75, 3.05) is 21.3 Å². The fourth-order valence-electron chi connectivity index (χ4n) is 3.34. The number of ketones is 1. The van der Waals surface area contributed by atoms with Gasteiger partial charge in [0.25, 0.3) is 0 Å². The molecule has 0 heterocycles. The van der Waals surface area contributed by atoms with E-state index in [4.69, 9.17) is 14.2 Å². The number of methoxy groups -OCH3 is 3. The van der Waals surface area contributed by atoms with Gasteiger partial charge in [-0.05, 0) is 60.7 Å². The number of rotatable bonds is 5. The highest BCUT2D eigenvalue weighted by atomic mass is 79.9. The van der Waals surface area contributed by atoms with E-state index in [-0.39, 0.29) is 5.78 Å². The second-order valence-corrected chi connectivity index (χ2v) is 7.36. The minimum atomic E-state index is 0.0933. The Morgan fingerprint density at radius 3 is 2.07 bits per heavy atom. The van der Waals surface area contributed by atoms with Gasteiger partial charge >= 0.3 is 0 Å². The first-order valence-corrected chi connectivity index (χ1v) is 9.87. The molecule has 0 aliphatic heterocycles. The van der Waals surface area contributed by atoms with Gasteiger partial charge in [-0.3, -0.25) is 4.79 Å². The molecule has 1 aliphatic rings. The monoisotopic (exact) mass is 442 g/mol. The Kier molecular flexibility index (Phi) is 6.57. The van der Waals surface area contributed by atoms with Crippen molar-refractivity contribution in [1.29, 1.82) is 0 Å². The molecule has 0 amide bonds. The zero-order valence-corrected chi connectivity index (χ0v) is 17.8. The van der Waals surface area contributed by atoms with E-state index in [1.54, 1.807) is 21.3 Å². The molecular weight excluding hydrogens is 420 g/mol. The van der Waals surface area contributed by atoms with Gasteiger partial charge in [-0.2, -0.15) is 0 Å². The van der Waals surface area contributed by atoms with Crippen LogP contribution in [0.15, 0.2) is 52.0 Å². The van der Waals surface area contributed by atoms with E-state index in [0.29, 0.717) is 17.2 Å². The van der Waals surface area contributed by atoms with Gasteiger partial charge in [0, 0.05) is 15.6 Å². The molecule has 0 saturated heterocycles. The fraction of sp³-hybridized carbons (Fsp3) is 0.261. The molecule has 0 atom stereocenters. The maximum atomic E-state index is 13.0. The Morgan fingerprint density at radius 1 is 0.893 bits per heavy atom. The van der Waals surface area contributed by atoms with Crippen LogP contribution in [0.1, 0.15) is 30.4 Å². The molecule has 28 heavy (non-hydrogen) atoms. The minimum Gasteiger partial charge on any atom is -0.493 e. The van der Waals surface area contributed by atoms with Crippen molar-refractivity contribution in [2.45, 2.75) is 19.3 Å². The SMILES string of the molecule is COc1cc(/C=C2\CCC/C(=C\c3ccccc3Br)C2=O)cc(OC)c1OC. The van der Waals surface area contributed by atoms with Gasteiger partial charge in [0.1, 0.15) is 0 Å². The lowest BCUT2D eigenvalue weighted by molar-refractivity contribution is -0.112. The summed E-state index contributed by atoms with van der Waals surface area (Å²) in [4.78, 5) is 13.0. The van der Waals surface area contributed by atoms with Gasteiger partial charge in [0.05, 0.1) is 21.3 Å². The highest BCUT2D eigenvalue weighted by molar-refractivity contribution is 9.10. The van der Waals surface area contributed by atoms with Crippen molar-refractivity contribution in [1.82, 2.24) is 0 Å². The molecule has 146 valence electrons. The maximum Gasteiger partial charge on any atom is 0.203 e. The molecule has 1 saturated carbocycles. The van der Waals surface area contributed by atoms with Crippen LogP contribution in [0.2, 0.25) is 0 Å². The average Bonchev–Trinajstić information content (AvgIpc) is 2.71. The third-order valence-electron chi connectivity index (χ3n) is 4.74. The molecule has 0 N–H and O–H groups in total. The quantitative estimate of drug-likeness (QED) is 0.557. The van der Waals surface area contributed by atoms with Crippen LogP contribution in [0.3, 0.4) is 0 Å². The number of allylic oxidation sites excluding steroid dienone is 2. The number of carbonyl (C=O) groups is 1. The molecule has 2 aromatic carbocycles. The molecule has 0 unspecified atom stereocenters. The minimum absolute atomic E-state index is 0.0933. The molecule has 2 aromatic rings. The smallest absolute Gasteiger partial charge is 0.203 e. The van der Waals surface area contributed by atoms with E-state index >= 15 is 0 Å². The predicted octanol–water partition coefficient (Wildman–Crippen LogP) is 5.69. The summed E-state index contributed by atoms with van der Waals surface area (Å²) in [5.74, 6) is 1.77.